The zero-order valence-corrected chi connectivity index (χ0v) is 16.8. The first-order valence-corrected chi connectivity index (χ1v) is 9.98. The molecule has 0 fully saturated rings. The van der Waals surface area contributed by atoms with Gasteiger partial charge in [-0.3, -0.25) is 9.69 Å². The van der Waals surface area contributed by atoms with Gasteiger partial charge in [0, 0.05) is 28.5 Å². The quantitative estimate of drug-likeness (QED) is 0.488. The van der Waals surface area contributed by atoms with Crippen molar-refractivity contribution in [2.24, 2.45) is 0 Å². The number of aromatic hydroxyl groups is 1. The van der Waals surface area contributed by atoms with Gasteiger partial charge in [-0.15, -0.1) is 11.8 Å². The van der Waals surface area contributed by atoms with Crippen molar-refractivity contribution in [3.05, 3.63) is 64.0 Å². The van der Waals surface area contributed by atoms with Gasteiger partial charge in [-0.2, -0.15) is 0 Å². The fourth-order valence-corrected chi connectivity index (χ4v) is 3.63. The highest BCUT2D eigenvalue weighted by Crippen LogP contribution is 2.28. The van der Waals surface area contributed by atoms with Crippen LogP contribution < -0.4 is 10.9 Å². The molecular formula is C21H22N2O4S. The lowest BCUT2D eigenvalue weighted by Gasteiger charge is -2.18. The number of thioether (sulfide) groups is 1. The number of rotatable bonds is 6. The van der Waals surface area contributed by atoms with Gasteiger partial charge in [0.2, 0.25) is 5.91 Å². The van der Waals surface area contributed by atoms with Crippen molar-refractivity contribution in [1.29, 1.82) is 0 Å². The number of aryl methyl sites for hydroxylation is 1. The van der Waals surface area contributed by atoms with E-state index in [-0.39, 0.29) is 18.2 Å². The molecule has 6 nitrogen and oxygen atoms in total. The number of hydrogen-bond donors (Lipinski definition) is 2. The molecule has 0 aliphatic carbocycles. The summed E-state index contributed by atoms with van der Waals surface area (Å²) in [5.74, 6) is -0.0573. The van der Waals surface area contributed by atoms with E-state index in [2.05, 4.69) is 5.32 Å². The van der Waals surface area contributed by atoms with Gasteiger partial charge in [-0.05, 0) is 50.1 Å². The Labute approximate surface area is 167 Å². The Morgan fingerprint density at radius 3 is 2.75 bits per heavy atom. The molecule has 1 aromatic heterocycles. The molecule has 0 radical (unpaired) electrons. The lowest BCUT2D eigenvalue weighted by atomic mass is 10.1. The number of para-hydroxylation sites is 1. The summed E-state index contributed by atoms with van der Waals surface area (Å²) in [6, 6.07) is 12.4. The van der Waals surface area contributed by atoms with E-state index in [1.807, 2.05) is 42.5 Å². The smallest absolute Gasteiger partial charge is 0.336 e. The molecule has 1 amide bonds. The van der Waals surface area contributed by atoms with E-state index in [0.717, 1.165) is 21.5 Å². The van der Waals surface area contributed by atoms with Gasteiger partial charge < -0.3 is 14.8 Å². The zero-order chi connectivity index (χ0) is 20.3. The number of amides is 1. The molecule has 0 unspecified atom stereocenters. The largest absolute Gasteiger partial charge is 0.508 e. The highest BCUT2D eigenvalue weighted by atomic mass is 32.2. The van der Waals surface area contributed by atoms with Crippen LogP contribution in [0.3, 0.4) is 0 Å². The zero-order valence-electron chi connectivity index (χ0n) is 16.0. The van der Waals surface area contributed by atoms with E-state index in [0.29, 0.717) is 17.7 Å². The normalized spacial score (nSPS) is 11.1. The van der Waals surface area contributed by atoms with Gasteiger partial charge >= 0.3 is 5.63 Å². The summed E-state index contributed by atoms with van der Waals surface area (Å²) in [5.41, 5.74) is 1.93. The lowest BCUT2D eigenvalue weighted by molar-refractivity contribution is -0.117. The van der Waals surface area contributed by atoms with Gasteiger partial charge in [-0.1, -0.05) is 12.1 Å². The van der Waals surface area contributed by atoms with E-state index in [1.165, 1.54) is 6.07 Å². The van der Waals surface area contributed by atoms with Crippen molar-refractivity contribution in [3.63, 3.8) is 0 Å². The number of phenolic OH excluding ortho intramolecular Hbond substituents is 1. The number of nitrogens with zero attached hydrogens (tertiary/aromatic N) is 1. The van der Waals surface area contributed by atoms with Crippen molar-refractivity contribution < 1.29 is 14.3 Å². The summed E-state index contributed by atoms with van der Waals surface area (Å²) in [5, 5.41) is 13.5. The number of hydrogen-bond acceptors (Lipinski definition) is 6. The first-order valence-electron chi connectivity index (χ1n) is 8.75. The monoisotopic (exact) mass is 398 g/mol. The van der Waals surface area contributed by atoms with Crippen LogP contribution in [0.5, 0.6) is 5.75 Å². The van der Waals surface area contributed by atoms with E-state index in [4.69, 9.17) is 4.42 Å². The number of benzene rings is 2. The first-order chi connectivity index (χ1) is 13.4. The third kappa shape index (κ3) is 4.37. The van der Waals surface area contributed by atoms with E-state index >= 15 is 0 Å². The molecule has 0 atom stereocenters. The summed E-state index contributed by atoms with van der Waals surface area (Å²) in [7, 11) is 1.81. The number of fused-ring (bicyclic) bond motifs is 1. The Bertz CT molecular complexity index is 1080. The van der Waals surface area contributed by atoms with Crippen LogP contribution in [0.1, 0.15) is 11.1 Å². The van der Waals surface area contributed by atoms with Gasteiger partial charge in [0.05, 0.1) is 12.2 Å². The Kier molecular flexibility index (Phi) is 6.06. The van der Waals surface area contributed by atoms with Crippen molar-refractivity contribution in [1.82, 2.24) is 4.90 Å². The molecule has 2 N–H and O–H groups in total. The molecule has 0 spiro atoms. The minimum Gasteiger partial charge on any atom is -0.508 e. The molecule has 3 rings (SSSR count). The highest BCUT2D eigenvalue weighted by Gasteiger charge is 2.14. The first kappa shape index (κ1) is 20.0. The molecule has 0 saturated heterocycles. The van der Waals surface area contributed by atoms with Crippen molar-refractivity contribution in [2.75, 3.05) is 25.2 Å². The van der Waals surface area contributed by atoms with Crippen LogP contribution in [0.25, 0.3) is 11.0 Å². The summed E-state index contributed by atoms with van der Waals surface area (Å²) < 4.78 is 5.27. The molecule has 0 aliphatic rings. The number of anilines is 1. The van der Waals surface area contributed by atoms with E-state index in [9.17, 15) is 14.7 Å². The predicted octanol–water partition coefficient (Wildman–Crippen LogP) is 3.60. The summed E-state index contributed by atoms with van der Waals surface area (Å²) in [6.45, 7) is 2.26. The van der Waals surface area contributed by atoms with Crippen LogP contribution in [0, 0.1) is 6.92 Å². The minimum absolute atomic E-state index is 0.0768. The molecule has 2 aromatic carbocycles. The molecule has 0 saturated carbocycles. The molecule has 0 bridgehead atoms. The van der Waals surface area contributed by atoms with Gasteiger partial charge in [0.1, 0.15) is 11.3 Å². The molecular weight excluding hydrogens is 376 g/mol. The molecule has 3 aromatic rings. The van der Waals surface area contributed by atoms with Gasteiger partial charge in [0.15, 0.2) is 0 Å². The fraction of sp³-hybridized carbons (Fsp3) is 0.238. The second kappa shape index (κ2) is 8.50. The fourth-order valence-electron chi connectivity index (χ4n) is 3.08. The molecule has 7 heteroatoms. The molecule has 146 valence electrons. The highest BCUT2D eigenvalue weighted by molar-refractivity contribution is 7.98. The Morgan fingerprint density at radius 2 is 2.00 bits per heavy atom. The Morgan fingerprint density at radius 1 is 1.25 bits per heavy atom. The van der Waals surface area contributed by atoms with Crippen LogP contribution in [-0.4, -0.2) is 35.8 Å². The minimum atomic E-state index is -0.483. The average Bonchev–Trinajstić information content (AvgIpc) is 2.65. The SMILES string of the molecule is CSc1ccccc1NC(=O)CN(C)Cc1cc(=O)oc2c(C)c(O)ccc12. The summed E-state index contributed by atoms with van der Waals surface area (Å²) in [4.78, 5) is 27.2. The molecule has 28 heavy (non-hydrogen) atoms. The maximum Gasteiger partial charge on any atom is 0.336 e. The van der Waals surface area contributed by atoms with Crippen LogP contribution >= 0.6 is 11.8 Å². The Balaban J connectivity index is 1.76. The Hall–Kier alpha value is -2.77. The van der Waals surface area contributed by atoms with Crippen molar-refractivity contribution >= 4 is 34.3 Å². The summed E-state index contributed by atoms with van der Waals surface area (Å²) in [6.07, 6.45) is 1.96. The lowest BCUT2D eigenvalue weighted by Crippen LogP contribution is -2.30. The van der Waals surface area contributed by atoms with E-state index < -0.39 is 5.63 Å². The third-order valence-electron chi connectivity index (χ3n) is 4.45. The van der Waals surface area contributed by atoms with Crippen molar-refractivity contribution in [3.8, 4) is 5.75 Å². The maximum atomic E-state index is 12.4. The van der Waals surface area contributed by atoms with Gasteiger partial charge in [0.25, 0.3) is 0 Å². The number of nitrogens with one attached hydrogen (secondary N) is 1. The third-order valence-corrected chi connectivity index (χ3v) is 5.25. The van der Waals surface area contributed by atoms with E-state index in [1.54, 1.807) is 30.8 Å². The van der Waals surface area contributed by atoms with Crippen LogP contribution in [-0.2, 0) is 11.3 Å². The number of carbonyl (C=O) groups excluding carboxylic acids is 1. The molecule has 0 aliphatic heterocycles. The maximum absolute atomic E-state index is 12.4. The van der Waals surface area contributed by atoms with Crippen molar-refractivity contribution in [2.45, 2.75) is 18.4 Å². The number of phenols is 1. The van der Waals surface area contributed by atoms with Crippen LogP contribution in [0.2, 0.25) is 0 Å². The van der Waals surface area contributed by atoms with Crippen LogP contribution in [0.4, 0.5) is 5.69 Å². The van der Waals surface area contributed by atoms with Gasteiger partial charge in [-0.25, -0.2) is 4.79 Å². The average molecular weight is 398 g/mol. The number of carbonyl (C=O) groups is 1. The predicted molar refractivity (Wildman–Crippen MR) is 112 cm³/mol. The van der Waals surface area contributed by atoms with Crippen LogP contribution in [0.15, 0.2) is 56.6 Å². The summed E-state index contributed by atoms with van der Waals surface area (Å²) >= 11 is 1.57. The standard InChI is InChI=1S/C21H22N2O4S/c1-13-17(24)9-8-15-14(10-20(26)27-21(13)15)11-23(2)12-19(25)22-16-6-4-5-7-18(16)28-3/h4-10,24H,11-12H2,1-3H3,(H,22,25). The number of likely N-dealkylation sites (N-methyl/N-ethyl adjacent to an activating group) is 1. The second-order valence-corrected chi connectivity index (χ2v) is 7.45. The molecule has 1 heterocycles. The topological polar surface area (TPSA) is 82.8 Å². The second-order valence-electron chi connectivity index (χ2n) is 6.60.